The van der Waals surface area contributed by atoms with E-state index in [0.29, 0.717) is 6.54 Å². The molecule has 1 N–H and O–H groups in total. The lowest BCUT2D eigenvalue weighted by atomic mass is 9.87. The van der Waals surface area contributed by atoms with Crippen LogP contribution >= 0.6 is 0 Å². The summed E-state index contributed by atoms with van der Waals surface area (Å²) < 4.78 is 5.06. The minimum absolute atomic E-state index is 0.0104. The molecule has 0 radical (unpaired) electrons. The Morgan fingerprint density at radius 1 is 1.23 bits per heavy atom. The number of hydrogen-bond donors (Lipinski definition) is 1. The van der Waals surface area contributed by atoms with Crippen LogP contribution in [0.1, 0.15) is 57.2 Å². The third kappa shape index (κ3) is 5.07. The van der Waals surface area contributed by atoms with Gasteiger partial charge in [0.2, 0.25) is 11.8 Å². The Morgan fingerprint density at radius 3 is 2.50 bits per heavy atom. The van der Waals surface area contributed by atoms with Gasteiger partial charge in [-0.2, -0.15) is 0 Å². The van der Waals surface area contributed by atoms with E-state index >= 15 is 0 Å². The van der Waals surface area contributed by atoms with Crippen molar-refractivity contribution < 1.29 is 14.3 Å². The summed E-state index contributed by atoms with van der Waals surface area (Å²) in [6.07, 6.45) is 3.48. The number of rotatable bonds is 7. The molecule has 1 saturated heterocycles. The first-order valence-electron chi connectivity index (χ1n) is 9.67. The summed E-state index contributed by atoms with van der Waals surface area (Å²) in [6, 6.07) is 8.62. The van der Waals surface area contributed by atoms with Crippen LogP contribution in [-0.2, 0) is 20.7 Å². The second-order valence-electron chi connectivity index (χ2n) is 7.18. The number of benzene rings is 1. The molecule has 1 aromatic carbocycles. The van der Waals surface area contributed by atoms with Crippen LogP contribution in [0.15, 0.2) is 24.3 Å². The Labute approximate surface area is 157 Å². The van der Waals surface area contributed by atoms with Crippen LogP contribution < -0.4 is 5.32 Å². The van der Waals surface area contributed by atoms with E-state index in [0.717, 1.165) is 31.2 Å². The van der Waals surface area contributed by atoms with Crippen molar-refractivity contribution in [3.05, 3.63) is 35.4 Å². The molecule has 1 aromatic rings. The molecule has 2 rings (SSSR count). The Kier molecular flexibility index (Phi) is 7.64. The number of carbonyl (C=O) groups is 2. The average Bonchev–Trinajstić information content (AvgIpc) is 2.67. The minimum atomic E-state index is -0.157. The van der Waals surface area contributed by atoms with Gasteiger partial charge in [0.1, 0.15) is 6.61 Å². The third-order valence-corrected chi connectivity index (χ3v) is 5.31. The Morgan fingerprint density at radius 2 is 1.92 bits per heavy atom. The third-order valence-electron chi connectivity index (χ3n) is 5.31. The molecule has 0 aliphatic carbocycles. The Hall–Kier alpha value is -1.88. The predicted octanol–water partition coefficient (Wildman–Crippen LogP) is 3.09. The molecule has 5 heteroatoms. The summed E-state index contributed by atoms with van der Waals surface area (Å²) in [7, 11) is 1.53. The van der Waals surface area contributed by atoms with E-state index in [9.17, 15) is 9.59 Å². The van der Waals surface area contributed by atoms with Gasteiger partial charge in [0.05, 0.1) is 12.0 Å². The number of likely N-dealkylation sites (tertiary alicyclic amines) is 1. The Balaban J connectivity index is 2.16. The van der Waals surface area contributed by atoms with Gasteiger partial charge in [0.15, 0.2) is 0 Å². The van der Waals surface area contributed by atoms with Crippen LogP contribution in [0.25, 0.3) is 0 Å². The topological polar surface area (TPSA) is 58.6 Å². The lowest BCUT2D eigenvalue weighted by molar-refractivity contribution is -0.142. The summed E-state index contributed by atoms with van der Waals surface area (Å²) >= 11 is 0. The molecule has 1 fully saturated rings. The molecule has 144 valence electrons. The van der Waals surface area contributed by atoms with E-state index in [1.807, 2.05) is 11.8 Å². The number of piperidine rings is 1. The lowest BCUT2D eigenvalue weighted by Gasteiger charge is -2.39. The highest BCUT2D eigenvalue weighted by Gasteiger charge is 2.35. The largest absolute Gasteiger partial charge is 0.375 e. The van der Waals surface area contributed by atoms with Crippen LogP contribution in [0.4, 0.5) is 0 Å². The van der Waals surface area contributed by atoms with Crippen molar-refractivity contribution >= 4 is 11.8 Å². The normalized spacial score (nSPS) is 21.3. The van der Waals surface area contributed by atoms with Gasteiger partial charge in [0.25, 0.3) is 0 Å². The first kappa shape index (κ1) is 20.4. The number of carbonyl (C=O) groups excluding carboxylic acids is 2. The maximum absolute atomic E-state index is 12.6. The number of nitrogens with zero attached hydrogens (tertiary/aromatic N) is 1. The minimum Gasteiger partial charge on any atom is -0.375 e. The van der Waals surface area contributed by atoms with Crippen molar-refractivity contribution in [2.75, 3.05) is 20.3 Å². The molecule has 0 aromatic heterocycles. The van der Waals surface area contributed by atoms with Gasteiger partial charge >= 0.3 is 0 Å². The zero-order valence-electron chi connectivity index (χ0n) is 16.5. The highest BCUT2D eigenvalue weighted by Crippen LogP contribution is 2.34. The van der Waals surface area contributed by atoms with Crippen LogP contribution in [0.3, 0.4) is 0 Å². The first-order valence-corrected chi connectivity index (χ1v) is 9.67. The highest BCUT2D eigenvalue weighted by atomic mass is 16.5. The van der Waals surface area contributed by atoms with Gasteiger partial charge in [-0.15, -0.1) is 0 Å². The smallest absolute Gasteiger partial charge is 0.249 e. The number of hydrogen-bond acceptors (Lipinski definition) is 3. The number of aryl methyl sites for hydroxylation is 1. The summed E-state index contributed by atoms with van der Waals surface area (Å²) in [5.74, 6) is -0.163. The number of amides is 2. The second kappa shape index (κ2) is 9.72. The summed E-state index contributed by atoms with van der Waals surface area (Å²) in [5.41, 5.74) is 2.41. The first-order chi connectivity index (χ1) is 12.5. The van der Waals surface area contributed by atoms with Crippen molar-refractivity contribution in [1.29, 1.82) is 0 Å². The molecule has 0 unspecified atom stereocenters. The van der Waals surface area contributed by atoms with Crippen molar-refractivity contribution in [1.82, 2.24) is 10.2 Å². The summed E-state index contributed by atoms with van der Waals surface area (Å²) in [5, 5.41) is 3.05. The predicted molar refractivity (Wildman–Crippen MR) is 103 cm³/mol. The van der Waals surface area contributed by atoms with Crippen molar-refractivity contribution in [2.45, 2.75) is 58.5 Å². The molecular weight excluding hydrogens is 328 g/mol. The van der Waals surface area contributed by atoms with Gasteiger partial charge in [-0.25, -0.2) is 0 Å². The lowest BCUT2D eigenvalue weighted by Crippen LogP contribution is -2.49. The summed E-state index contributed by atoms with van der Waals surface area (Å²) in [6.45, 7) is 6.68. The maximum atomic E-state index is 12.6. The molecule has 2 amide bonds. The molecule has 1 aliphatic heterocycles. The van der Waals surface area contributed by atoms with Crippen molar-refractivity contribution in [3.8, 4) is 0 Å². The van der Waals surface area contributed by atoms with E-state index in [-0.39, 0.29) is 36.4 Å². The van der Waals surface area contributed by atoms with E-state index in [4.69, 9.17) is 4.74 Å². The van der Waals surface area contributed by atoms with Crippen molar-refractivity contribution in [3.63, 3.8) is 0 Å². The SMILES string of the molecule is CCc1ccc([C@@H]2CC[C@@H](C(=O)N[C@@H](C)CC)CN2C(=O)COC)cc1. The number of nitrogens with one attached hydrogen (secondary N) is 1. The molecule has 1 heterocycles. The standard InChI is InChI=1S/C21H32N2O3/c1-5-15(3)22-21(25)18-11-12-19(23(13-18)20(24)14-26-4)17-9-7-16(6-2)8-10-17/h7-10,15,18-19H,5-6,11-14H2,1-4H3,(H,22,25)/t15-,18+,19-/m0/s1. The fourth-order valence-corrected chi connectivity index (χ4v) is 3.45. The molecular formula is C21H32N2O3. The van der Waals surface area contributed by atoms with Crippen LogP contribution in [0.2, 0.25) is 0 Å². The van der Waals surface area contributed by atoms with Gasteiger partial charge in [-0.1, -0.05) is 38.1 Å². The molecule has 5 nitrogen and oxygen atoms in total. The molecule has 0 saturated carbocycles. The average molecular weight is 360 g/mol. The van der Waals surface area contributed by atoms with Gasteiger partial charge in [-0.3, -0.25) is 9.59 Å². The molecule has 0 bridgehead atoms. The highest BCUT2D eigenvalue weighted by molar-refractivity contribution is 5.82. The zero-order valence-corrected chi connectivity index (χ0v) is 16.5. The van der Waals surface area contributed by atoms with E-state index in [1.165, 1.54) is 12.7 Å². The number of methoxy groups -OCH3 is 1. The van der Waals surface area contributed by atoms with Crippen LogP contribution in [-0.4, -0.2) is 43.0 Å². The zero-order chi connectivity index (χ0) is 19.1. The molecule has 26 heavy (non-hydrogen) atoms. The monoisotopic (exact) mass is 360 g/mol. The Bertz CT molecular complexity index is 600. The molecule has 3 atom stereocenters. The molecule has 0 spiro atoms. The van der Waals surface area contributed by atoms with Gasteiger partial charge < -0.3 is 15.0 Å². The van der Waals surface area contributed by atoms with E-state index in [1.54, 1.807) is 0 Å². The van der Waals surface area contributed by atoms with Crippen LogP contribution in [0.5, 0.6) is 0 Å². The molecule has 1 aliphatic rings. The van der Waals surface area contributed by atoms with Gasteiger partial charge in [0, 0.05) is 19.7 Å². The second-order valence-corrected chi connectivity index (χ2v) is 7.18. The van der Waals surface area contributed by atoms with Crippen LogP contribution in [0, 0.1) is 5.92 Å². The van der Waals surface area contributed by atoms with Gasteiger partial charge in [-0.05, 0) is 43.7 Å². The quantitative estimate of drug-likeness (QED) is 0.813. The fourth-order valence-electron chi connectivity index (χ4n) is 3.45. The summed E-state index contributed by atoms with van der Waals surface area (Å²) in [4.78, 5) is 27.0. The maximum Gasteiger partial charge on any atom is 0.249 e. The van der Waals surface area contributed by atoms with Crippen molar-refractivity contribution in [2.24, 2.45) is 5.92 Å². The van der Waals surface area contributed by atoms with E-state index in [2.05, 4.69) is 43.4 Å². The number of ether oxygens (including phenoxy) is 1. The van der Waals surface area contributed by atoms with E-state index < -0.39 is 0 Å². The fraction of sp³-hybridized carbons (Fsp3) is 0.619.